The standard InChI is InChI=1S/C14H21ClO/c1-2-3-4-5-8-12(11-16)13-9-6-7-10-14(13)15/h6-7,9-10,12,16H,2-5,8,11H2,1H3. The minimum absolute atomic E-state index is 0.190. The van der Waals surface area contributed by atoms with Gasteiger partial charge in [0, 0.05) is 17.5 Å². The van der Waals surface area contributed by atoms with Crippen LogP contribution in [0.2, 0.25) is 5.02 Å². The number of hydrogen-bond acceptors (Lipinski definition) is 1. The van der Waals surface area contributed by atoms with Gasteiger partial charge in [-0.05, 0) is 18.1 Å². The molecule has 1 aromatic rings. The normalized spacial score (nSPS) is 12.7. The van der Waals surface area contributed by atoms with Gasteiger partial charge in [0.05, 0.1) is 0 Å². The van der Waals surface area contributed by atoms with Gasteiger partial charge in [-0.1, -0.05) is 62.4 Å². The summed E-state index contributed by atoms with van der Waals surface area (Å²) in [4.78, 5) is 0. The Bertz CT molecular complexity index is 299. The van der Waals surface area contributed by atoms with Gasteiger partial charge in [0.15, 0.2) is 0 Å². The van der Waals surface area contributed by atoms with Crippen molar-refractivity contribution in [2.24, 2.45) is 0 Å². The van der Waals surface area contributed by atoms with Gasteiger partial charge in [-0.15, -0.1) is 0 Å². The number of aliphatic hydroxyl groups excluding tert-OH is 1. The van der Waals surface area contributed by atoms with Crippen molar-refractivity contribution < 1.29 is 5.11 Å². The average molecular weight is 241 g/mol. The first-order valence-electron chi connectivity index (χ1n) is 6.14. The molecule has 1 unspecified atom stereocenters. The van der Waals surface area contributed by atoms with Gasteiger partial charge < -0.3 is 5.11 Å². The van der Waals surface area contributed by atoms with E-state index in [0.29, 0.717) is 0 Å². The lowest BCUT2D eigenvalue weighted by Crippen LogP contribution is -2.04. The van der Waals surface area contributed by atoms with Crippen LogP contribution >= 0.6 is 11.6 Å². The lowest BCUT2D eigenvalue weighted by atomic mass is 9.94. The van der Waals surface area contributed by atoms with E-state index in [1.807, 2.05) is 24.3 Å². The van der Waals surface area contributed by atoms with Crippen LogP contribution in [0.3, 0.4) is 0 Å². The van der Waals surface area contributed by atoms with E-state index >= 15 is 0 Å². The second kappa shape index (κ2) is 7.70. The zero-order chi connectivity index (χ0) is 11.8. The predicted octanol–water partition coefficient (Wildman–Crippen LogP) is 4.39. The Morgan fingerprint density at radius 1 is 1.19 bits per heavy atom. The zero-order valence-electron chi connectivity index (χ0n) is 9.95. The van der Waals surface area contributed by atoms with Crippen LogP contribution < -0.4 is 0 Å². The second-order valence-corrected chi connectivity index (χ2v) is 4.66. The number of rotatable bonds is 7. The maximum absolute atomic E-state index is 9.40. The van der Waals surface area contributed by atoms with Crippen molar-refractivity contribution in [3.8, 4) is 0 Å². The monoisotopic (exact) mass is 240 g/mol. The van der Waals surface area contributed by atoms with Gasteiger partial charge >= 0.3 is 0 Å². The number of hydrogen-bond donors (Lipinski definition) is 1. The minimum Gasteiger partial charge on any atom is -0.396 e. The van der Waals surface area contributed by atoms with Crippen LogP contribution in [0, 0.1) is 0 Å². The highest BCUT2D eigenvalue weighted by Crippen LogP contribution is 2.28. The largest absolute Gasteiger partial charge is 0.396 e. The molecular weight excluding hydrogens is 220 g/mol. The summed E-state index contributed by atoms with van der Waals surface area (Å²) in [5, 5.41) is 10.2. The number of halogens is 1. The summed E-state index contributed by atoms with van der Waals surface area (Å²) in [5.74, 6) is 0.200. The quantitative estimate of drug-likeness (QED) is 0.701. The molecule has 0 fully saturated rings. The fraction of sp³-hybridized carbons (Fsp3) is 0.571. The van der Waals surface area contributed by atoms with Crippen LogP contribution in [0.25, 0.3) is 0 Å². The molecule has 0 aromatic heterocycles. The molecule has 1 N–H and O–H groups in total. The van der Waals surface area contributed by atoms with Gasteiger partial charge in [0.1, 0.15) is 0 Å². The SMILES string of the molecule is CCCCCCC(CO)c1ccccc1Cl. The van der Waals surface area contributed by atoms with Gasteiger partial charge in [-0.25, -0.2) is 0 Å². The Hall–Kier alpha value is -0.530. The summed E-state index contributed by atoms with van der Waals surface area (Å²) >= 11 is 6.13. The third-order valence-electron chi connectivity index (χ3n) is 2.97. The molecule has 1 rings (SSSR count). The van der Waals surface area contributed by atoms with Crippen LogP contribution in [-0.4, -0.2) is 11.7 Å². The lowest BCUT2D eigenvalue weighted by molar-refractivity contribution is 0.256. The highest BCUT2D eigenvalue weighted by Gasteiger charge is 2.12. The first kappa shape index (κ1) is 13.5. The summed E-state index contributed by atoms with van der Waals surface area (Å²) in [6.45, 7) is 2.40. The van der Waals surface area contributed by atoms with Crippen molar-refractivity contribution in [2.75, 3.05) is 6.61 Å². The summed E-state index contributed by atoms with van der Waals surface area (Å²) in [5.41, 5.74) is 1.09. The van der Waals surface area contributed by atoms with Gasteiger partial charge in [-0.3, -0.25) is 0 Å². The number of benzene rings is 1. The Morgan fingerprint density at radius 2 is 1.94 bits per heavy atom. The highest BCUT2D eigenvalue weighted by molar-refractivity contribution is 6.31. The maximum atomic E-state index is 9.40. The Morgan fingerprint density at radius 3 is 2.56 bits per heavy atom. The van der Waals surface area contributed by atoms with Crippen LogP contribution in [-0.2, 0) is 0 Å². The van der Waals surface area contributed by atoms with E-state index in [1.54, 1.807) is 0 Å². The molecule has 0 spiro atoms. The molecule has 1 atom stereocenters. The van der Waals surface area contributed by atoms with Crippen LogP contribution in [0.15, 0.2) is 24.3 Å². The van der Waals surface area contributed by atoms with E-state index in [9.17, 15) is 5.11 Å². The van der Waals surface area contributed by atoms with Crippen molar-refractivity contribution in [2.45, 2.75) is 44.9 Å². The summed E-state index contributed by atoms with van der Waals surface area (Å²) in [6.07, 6.45) is 5.97. The van der Waals surface area contributed by atoms with E-state index < -0.39 is 0 Å². The highest BCUT2D eigenvalue weighted by atomic mass is 35.5. The van der Waals surface area contributed by atoms with Gasteiger partial charge in [-0.2, -0.15) is 0 Å². The maximum Gasteiger partial charge on any atom is 0.0500 e. The molecule has 1 nitrogen and oxygen atoms in total. The predicted molar refractivity (Wildman–Crippen MR) is 70.0 cm³/mol. The zero-order valence-corrected chi connectivity index (χ0v) is 10.7. The molecule has 0 heterocycles. The molecule has 0 aliphatic heterocycles. The Balaban J connectivity index is 2.51. The van der Waals surface area contributed by atoms with Crippen molar-refractivity contribution in [1.29, 1.82) is 0 Å². The van der Waals surface area contributed by atoms with E-state index in [-0.39, 0.29) is 12.5 Å². The third-order valence-corrected chi connectivity index (χ3v) is 3.32. The van der Waals surface area contributed by atoms with Crippen molar-refractivity contribution in [3.63, 3.8) is 0 Å². The number of unbranched alkanes of at least 4 members (excludes halogenated alkanes) is 3. The average Bonchev–Trinajstić information content (AvgIpc) is 2.31. The van der Waals surface area contributed by atoms with Crippen molar-refractivity contribution >= 4 is 11.6 Å². The molecule has 0 amide bonds. The summed E-state index contributed by atoms with van der Waals surface area (Å²) < 4.78 is 0. The van der Waals surface area contributed by atoms with Crippen LogP contribution in [0.1, 0.15) is 50.5 Å². The molecule has 0 aliphatic rings. The molecule has 0 saturated heterocycles. The van der Waals surface area contributed by atoms with E-state index in [4.69, 9.17) is 11.6 Å². The fourth-order valence-electron chi connectivity index (χ4n) is 1.97. The summed E-state index contributed by atoms with van der Waals surface area (Å²) in [6, 6.07) is 7.82. The Kier molecular flexibility index (Phi) is 6.51. The lowest BCUT2D eigenvalue weighted by Gasteiger charge is -2.15. The molecule has 2 heteroatoms. The van der Waals surface area contributed by atoms with Crippen molar-refractivity contribution in [1.82, 2.24) is 0 Å². The van der Waals surface area contributed by atoms with Gasteiger partial charge in [0.25, 0.3) is 0 Å². The smallest absolute Gasteiger partial charge is 0.0500 e. The van der Waals surface area contributed by atoms with E-state index in [0.717, 1.165) is 17.0 Å². The molecule has 90 valence electrons. The molecule has 0 radical (unpaired) electrons. The van der Waals surface area contributed by atoms with Crippen LogP contribution in [0.5, 0.6) is 0 Å². The molecular formula is C14H21ClO. The first-order valence-corrected chi connectivity index (χ1v) is 6.52. The fourth-order valence-corrected chi connectivity index (χ4v) is 2.26. The first-order chi connectivity index (χ1) is 7.79. The minimum atomic E-state index is 0.190. The van der Waals surface area contributed by atoms with Crippen LogP contribution in [0.4, 0.5) is 0 Å². The van der Waals surface area contributed by atoms with E-state index in [1.165, 1.54) is 25.7 Å². The number of aliphatic hydroxyl groups is 1. The second-order valence-electron chi connectivity index (χ2n) is 4.25. The topological polar surface area (TPSA) is 20.2 Å². The van der Waals surface area contributed by atoms with Gasteiger partial charge in [0.2, 0.25) is 0 Å². The Labute approximate surface area is 103 Å². The van der Waals surface area contributed by atoms with E-state index in [2.05, 4.69) is 6.92 Å². The molecule has 0 aliphatic carbocycles. The summed E-state index contributed by atoms with van der Waals surface area (Å²) in [7, 11) is 0. The molecule has 16 heavy (non-hydrogen) atoms. The van der Waals surface area contributed by atoms with Crippen molar-refractivity contribution in [3.05, 3.63) is 34.9 Å². The third kappa shape index (κ3) is 4.15. The molecule has 0 bridgehead atoms. The molecule has 0 saturated carbocycles. The molecule has 1 aromatic carbocycles.